The standard InChI is InChI=1S/C20H30N4O2/c25-20(22-7-1-2-8-22)23-10-17(13-26-12-16-5-6-16)19-18(11-23)21-14-24(19)9-15-3-4-15/h14-17H,1-13H2. The summed E-state index contributed by atoms with van der Waals surface area (Å²) in [7, 11) is 0. The molecule has 1 aromatic rings. The third-order valence-electron chi connectivity index (χ3n) is 6.29. The van der Waals surface area contributed by atoms with Gasteiger partial charge in [0.05, 0.1) is 25.2 Å². The molecule has 3 fully saturated rings. The first kappa shape index (κ1) is 16.6. The summed E-state index contributed by atoms with van der Waals surface area (Å²) in [6.45, 7) is 5.90. The van der Waals surface area contributed by atoms with Gasteiger partial charge in [-0.05, 0) is 50.4 Å². The fourth-order valence-electron chi connectivity index (χ4n) is 4.39. The Bertz CT molecular complexity index is 659. The summed E-state index contributed by atoms with van der Waals surface area (Å²) < 4.78 is 8.42. The Morgan fingerprint density at radius 2 is 1.85 bits per heavy atom. The maximum Gasteiger partial charge on any atom is 0.320 e. The van der Waals surface area contributed by atoms with E-state index in [1.165, 1.54) is 31.4 Å². The number of rotatable bonds is 6. The number of ether oxygens (including phenoxy) is 1. The number of imidazole rings is 1. The number of fused-ring (bicyclic) bond motifs is 1. The first-order valence-corrected chi connectivity index (χ1v) is 10.4. The second-order valence-electron chi connectivity index (χ2n) is 8.71. The molecule has 2 aliphatic heterocycles. The van der Waals surface area contributed by atoms with E-state index in [1.54, 1.807) is 0 Å². The van der Waals surface area contributed by atoms with Crippen LogP contribution in [0.3, 0.4) is 0 Å². The topological polar surface area (TPSA) is 50.6 Å². The fourth-order valence-corrected chi connectivity index (χ4v) is 4.39. The van der Waals surface area contributed by atoms with Crippen molar-refractivity contribution >= 4 is 6.03 Å². The van der Waals surface area contributed by atoms with Crippen LogP contribution in [0.15, 0.2) is 6.33 Å². The number of hydrogen-bond acceptors (Lipinski definition) is 3. The van der Waals surface area contributed by atoms with E-state index in [-0.39, 0.29) is 11.9 Å². The Hall–Kier alpha value is -1.56. The normalized spacial score (nSPS) is 25.6. The van der Waals surface area contributed by atoms with Gasteiger partial charge in [0, 0.05) is 44.4 Å². The first-order chi connectivity index (χ1) is 12.8. The van der Waals surface area contributed by atoms with Gasteiger partial charge >= 0.3 is 6.03 Å². The Labute approximate surface area is 155 Å². The number of aromatic nitrogens is 2. The highest BCUT2D eigenvalue weighted by molar-refractivity contribution is 5.75. The van der Waals surface area contributed by atoms with Gasteiger partial charge in [0.2, 0.25) is 0 Å². The van der Waals surface area contributed by atoms with Crippen molar-refractivity contribution in [3.63, 3.8) is 0 Å². The van der Waals surface area contributed by atoms with E-state index >= 15 is 0 Å². The lowest BCUT2D eigenvalue weighted by Crippen LogP contribution is -2.46. The molecule has 5 rings (SSSR count). The Kier molecular flexibility index (Phi) is 4.39. The number of nitrogens with zero attached hydrogens (tertiary/aromatic N) is 4. The minimum atomic E-state index is 0.192. The second-order valence-corrected chi connectivity index (χ2v) is 8.71. The van der Waals surface area contributed by atoms with Crippen LogP contribution in [-0.4, -0.2) is 58.2 Å². The molecule has 26 heavy (non-hydrogen) atoms. The predicted octanol–water partition coefficient (Wildman–Crippen LogP) is 2.83. The van der Waals surface area contributed by atoms with Crippen molar-refractivity contribution in [3.05, 3.63) is 17.7 Å². The summed E-state index contributed by atoms with van der Waals surface area (Å²) in [4.78, 5) is 21.6. The second kappa shape index (κ2) is 6.87. The van der Waals surface area contributed by atoms with Crippen molar-refractivity contribution in [1.29, 1.82) is 0 Å². The van der Waals surface area contributed by atoms with Gasteiger partial charge in [0.15, 0.2) is 0 Å². The van der Waals surface area contributed by atoms with Crippen LogP contribution in [0, 0.1) is 11.8 Å². The van der Waals surface area contributed by atoms with Gasteiger partial charge in [0.1, 0.15) is 0 Å². The third kappa shape index (κ3) is 3.48. The summed E-state index contributed by atoms with van der Waals surface area (Å²) in [6.07, 6.45) is 9.58. The van der Waals surface area contributed by atoms with Crippen molar-refractivity contribution < 1.29 is 9.53 Å². The first-order valence-electron chi connectivity index (χ1n) is 10.4. The van der Waals surface area contributed by atoms with E-state index in [4.69, 9.17) is 9.72 Å². The summed E-state index contributed by atoms with van der Waals surface area (Å²) in [6, 6.07) is 0.192. The van der Waals surface area contributed by atoms with Crippen molar-refractivity contribution in [2.45, 2.75) is 57.5 Å². The molecule has 142 valence electrons. The number of urea groups is 1. The summed E-state index contributed by atoms with van der Waals surface area (Å²) in [5.41, 5.74) is 2.42. The van der Waals surface area contributed by atoms with Crippen molar-refractivity contribution in [2.75, 3.05) is 32.8 Å². The predicted molar refractivity (Wildman–Crippen MR) is 97.8 cm³/mol. The quantitative estimate of drug-likeness (QED) is 0.786. The molecule has 2 aliphatic carbocycles. The lowest BCUT2D eigenvalue weighted by atomic mass is 9.99. The average Bonchev–Trinajstić information content (AvgIpc) is 3.55. The van der Waals surface area contributed by atoms with Crippen LogP contribution >= 0.6 is 0 Å². The summed E-state index contributed by atoms with van der Waals surface area (Å²) >= 11 is 0. The number of carbonyl (C=O) groups excluding carboxylic acids is 1. The third-order valence-corrected chi connectivity index (χ3v) is 6.29. The SMILES string of the molecule is O=C(N1CCCC1)N1Cc2ncn(CC3CC3)c2C(COCC2CC2)C1. The van der Waals surface area contributed by atoms with E-state index in [2.05, 4.69) is 4.57 Å². The summed E-state index contributed by atoms with van der Waals surface area (Å²) in [5, 5.41) is 0. The van der Waals surface area contributed by atoms with Gasteiger partial charge in [-0.3, -0.25) is 0 Å². The molecule has 0 aromatic carbocycles. The Morgan fingerprint density at radius 3 is 2.58 bits per heavy atom. The zero-order chi connectivity index (χ0) is 17.5. The van der Waals surface area contributed by atoms with Gasteiger partial charge in [-0.2, -0.15) is 0 Å². The van der Waals surface area contributed by atoms with Crippen molar-refractivity contribution in [3.8, 4) is 0 Å². The highest BCUT2D eigenvalue weighted by Crippen LogP contribution is 2.35. The zero-order valence-corrected chi connectivity index (χ0v) is 15.6. The molecule has 2 saturated carbocycles. The number of hydrogen-bond donors (Lipinski definition) is 0. The minimum Gasteiger partial charge on any atom is -0.380 e. The van der Waals surface area contributed by atoms with Gasteiger partial charge in [0.25, 0.3) is 0 Å². The molecule has 2 amide bonds. The maximum absolute atomic E-state index is 12.9. The van der Waals surface area contributed by atoms with E-state index in [0.717, 1.165) is 63.2 Å². The molecule has 6 heteroatoms. The maximum atomic E-state index is 12.9. The Morgan fingerprint density at radius 1 is 1.08 bits per heavy atom. The van der Waals surface area contributed by atoms with Crippen LogP contribution in [0.4, 0.5) is 4.79 Å². The van der Waals surface area contributed by atoms with Crippen LogP contribution < -0.4 is 0 Å². The smallest absolute Gasteiger partial charge is 0.320 e. The van der Waals surface area contributed by atoms with E-state index < -0.39 is 0 Å². The Balaban J connectivity index is 1.33. The monoisotopic (exact) mass is 358 g/mol. The van der Waals surface area contributed by atoms with E-state index in [0.29, 0.717) is 13.2 Å². The molecule has 6 nitrogen and oxygen atoms in total. The molecular weight excluding hydrogens is 328 g/mol. The van der Waals surface area contributed by atoms with Gasteiger partial charge in [-0.25, -0.2) is 9.78 Å². The molecule has 0 radical (unpaired) electrons. The van der Waals surface area contributed by atoms with Crippen LogP contribution in [0.1, 0.15) is 55.8 Å². The molecule has 1 aromatic heterocycles. The highest BCUT2D eigenvalue weighted by atomic mass is 16.5. The van der Waals surface area contributed by atoms with Gasteiger partial charge < -0.3 is 19.1 Å². The minimum absolute atomic E-state index is 0.192. The number of amides is 2. The molecule has 3 heterocycles. The van der Waals surface area contributed by atoms with Crippen molar-refractivity contribution in [1.82, 2.24) is 19.4 Å². The lowest BCUT2D eigenvalue weighted by Gasteiger charge is -2.35. The highest BCUT2D eigenvalue weighted by Gasteiger charge is 2.36. The van der Waals surface area contributed by atoms with Crippen LogP contribution in [0.5, 0.6) is 0 Å². The molecule has 1 atom stereocenters. The fraction of sp³-hybridized carbons (Fsp3) is 0.800. The molecular formula is C20H30N4O2. The van der Waals surface area contributed by atoms with Gasteiger partial charge in [-0.15, -0.1) is 0 Å². The molecule has 0 bridgehead atoms. The molecule has 1 saturated heterocycles. The van der Waals surface area contributed by atoms with Gasteiger partial charge in [-0.1, -0.05) is 0 Å². The largest absolute Gasteiger partial charge is 0.380 e. The lowest BCUT2D eigenvalue weighted by molar-refractivity contribution is 0.0880. The average molecular weight is 358 g/mol. The number of likely N-dealkylation sites (tertiary alicyclic amines) is 1. The molecule has 0 spiro atoms. The number of carbonyl (C=O) groups is 1. The van der Waals surface area contributed by atoms with E-state index in [1.807, 2.05) is 16.1 Å². The van der Waals surface area contributed by atoms with Crippen molar-refractivity contribution in [2.24, 2.45) is 11.8 Å². The molecule has 1 unspecified atom stereocenters. The zero-order valence-electron chi connectivity index (χ0n) is 15.6. The van der Waals surface area contributed by atoms with E-state index in [9.17, 15) is 4.79 Å². The summed E-state index contributed by atoms with van der Waals surface area (Å²) in [5.74, 6) is 1.85. The van der Waals surface area contributed by atoms with Crippen LogP contribution in [-0.2, 0) is 17.8 Å². The van der Waals surface area contributed by atoms with Crippen LogP contribution in [0.2, 0.25) is 0 Å². The molecule has 0 N–H and O–H groups in total. The molecule has 4 aliphatic rings. The van der Waals surface area contributed by atoms with Crippen LogP contribution in [0.25, 0.3) is 0 Å².